The normalized spacial score (nSPS) is 17.8. The van der Waals surface area contributed by atoms with Gasteiger partial charge in [0.25, 0.3) is 0 Å². The predicted octanol–water partition coefficient (Wildman–Crippen LogP) is 1.48. The summed E-state index contributed by atoms with van der Waals surface area (Å²) >= 11 is 0. The van der Waals surface area contributed by atoms with Crippen molar-refractivity contribution in [2.75, 3.05) is 32.4 Å². The van der Waals surface area contributed by atoms with Crippen molar-refractivity contribution in [2.24, 2.45) is 0 Å². The van der Waals surface area contributed by atoms with Gasteiger partial charge in [-0.3, -0.25) is 4.90 Å². The van der Waals surface area contributed by atoms with Gasteiger partial charge in [-0.2, -0.15) is 5.10 Å². The lowest BCUT2D eigenvalue weighted by Gasteiger charge is -2.19. The first-order valence-electron chi connectivity index (χ1n) is 7.89. The molecule has 0 spiro atoms. The molecule has 1 aliphatic heterocycles. The predicted molar refractivity (Wildman–Crippen MR) is 89.8 cm³/mol. The van der Waals surface area contributed by atoms with Gasteiger partial charge >= 0.3 is 0 Å². The topological polar surface area (TPSA) is 58.4 Å². The Morgan fingerprint density at radius 2 is 1.96 bits per heavy atom. The molecule has 130 valence electrons. The standard InChI is InChI=1S/C16H21FN4O2S/c1-24(22,23)20-8-4-7-19(9-10-20)12-14-11-18-21(13-14)16-6-3-2-5-15(16)17/h2-3,5-6,11,13H,4,7-10,12H2,1H3. The molecule has 24 heavy (non-hydrogen) atoms. The van der Waals surface area contributed by atoms with Crippen LogP contribution in [0.1, 0.15) is 12.0 Å². The third-order valence-electron chi connectivity index (χ3n) is 4.16. The molecule has 0 N–H and O–H groups in total. The summed E-state index contributed by atoms with van der Waals surface area (Å²) in [5.74, 6) is -0.314. The van der Waals surface area contributed by atoms with Crippen LogP contribution in [-0.2, 0) is 16.6 Å². The van der Waals surface area contributed by atoms with Crippen molar-refractivity contribution in [1.82, 2.24) is 19.0 Å². The molecule has 0 saturated carbocycles. The number of halogens is 1. The van der Waals surface area contributed by atoms with Gasteiger partial charge in [0.05, 0.1) is 12.5 Å². The number of hydrogen-bond donors (Lipinski definition) is 0. The van der Waals surface area contributed by atoms with E-state index in [2.05, 4.69) is 10.00 Å². The molecule has 0 radical (unpaired) electrons. The van der Waals surface area contributed by atoms with Gasteiger partial charge in [-0.05, 0) is 25.1 Å². The number of sulfonamides is 1. The smallest absolute Gasteiger partial charge is 0.211 e. The Hall–Kier alpha value is -1.77. The van der Waals surface area contributed by atoms with Crippen LogP contribution in [0, 0.1) is 5.82 Å². The second kappa shape index (κ2) is 7.00. The van der Waals surface area contributed by atoms with Crippen LogP contribution < -0.4 is 0 Å². The Morgan fingerprint density at radius 1 is 1.17 bits per heavy atom. The summed E-state index contributed by atoms with van der Waals surface area (Å²) in [4.78, 5) is 2.20. The number of hydrogen-bond acceptors (Lipinski definition) is 4. The first-order chi connectivity index (χ1) is 11.4. The van der Waals surface area contributed by atoms with Crippen LogP contribution >= 0.6 is 0 Å². The van der Waals surface area contributed by atoms with Gasteiger partial charge in [0.15, 0.2) is 0 Å². The second-order valence-corrected chi connectivity index (χ2v) is 8.02. The van der Waals surface area contributed by atoms with E-state index >= 15 is 0 Å². The van der Waals surface area contributed by atoms with E-state index in [1.807, 2.05) is 6.20 Å². The van der Waals surface area contributed by atoms with Crippen molar-refractivity contribution >= 4 is 10.0 Å². The highest BCUT2D eigenvalue weighted by Crippen LogP contribution is 2.15. The van der Waals surface area contributed by atoms with Crippen molar-refractivity contribution in [3.05, 3.63) is 48.0 Å². The zero-order valence-corrected chi connectivity index (χ0v) is 14.4. The van der Waals surface area contributed by atoms with E-state index in [-0.39, 0.29) is 5.82 Å². The van der Waals surface area contributed by atoms with Crippen molar-refractivity contribution < 1.29 is 12.8 Å². The molecule has 1 fully saturated rings. The van der Waals surface area contributed by atoms with Crippen molar-refractivity contribution in [1.29, 1.82) is 0 Å². The van der Waals surface area contributed by atoms with Crippen LogP contribution in [0.4, 0.5) is 4.39 Å². The van der Waals surface area contributed by atoms with Gasteiger partial charge in [0, 0.05) is 37.9 Å². The van der Waals surface area contributed by atoms with E-state index in [0.717, 1.165) is 18.5 Å². The maximum atomic E-state index is 13.8. The minimum absolute atomic E-state index is 0.314. The summed E-state index contributed by atoms with van der Waals surface area (Å²) in [5, 5.41) is 4.23. The number of benzene rings is 1. The Balaban J connectivity index is 1.66. The molecule has 1 saturated heterocycles. The molecule has 1 aromatic carbocycles. The number of aromatic nitrogens is 2. The Bertz CT molecular complexity index is 806. The van der Waals surface area contributed by atoms with Gasteiger partial charge in [-0.15, -0.1) is 0 Å². The van der Waals surface area contributed by atoms with Crippen LogP contribution in [0.3, 0.4) is 0 Å². The molecule has 0 aliphatic carbocycles. The highest BCUT2D eigenvalue weighted by Gasteiger charge is 2.21. The molecule has 1 aromatic heterocycles. The fourth-order valence-corrected chi connectivity index (χ4v) is 3.78. The highest BCUT2D eigenvalue weighted by atomic mass is 32.2. The lowest BCUT2D eigenvalue weighted by Crippen LogP contribution is -2.34. The van der Waals surface area contributed by atoms with E-state index in [1.54, 1.807) is 24.4 Å². The summed E-state index contributed by atoms with van der Waals surface area (Å²) in [6.07, 6.45) is 5.60. The van der Waals surface area contributed by atoms with Crippen molar-refractivity contribution in [3.63, 3.8) is 0 Å². The van der Waals surface area contributed by atoms with Crippen LogP contribution in [0.5, 0.6) is 0 Å². The molecular weight excluding hydrogens is 331 g/mol. The Kier molecular flexibility index (Phi) is 4.98. The Morgan fingerprint density at radius 3 is 2.71 bits per heavy atom. The van der Waals surface area contributed by atoms with E-state index in [4.69, 9.17) is 0 Å². The lowest BCUT2D eigenvalue weighted by molar-refractivity contribution is 0.279. The van der Waals surface area contributed by atoms with E-state index in [0.29, 0.717) is 31.9 Å². The zero-order valence-electron chi connectivity index (χ0n) is 13.6. The summed E-state index contributed by atoms with van der Waals surface area (Å²) in [6, 6.07) is 6.51. The van der Waals surface area contributed by atoms with Crippen LogP contribution in [0.2, 0.25) is 0 Å². The molecule has 0 amide bonds. The monoisotopic (exact) mass is 352 g/mol. The number of nitrogens with zero attached hydrogens (tertiary/aromatic N) is 4. The summed E-state index contributed by atoms with van der Waals surface area (Å²) < 4.78 is 40.2. The summed E-state index contributed by atoms with van der Waals surface area (Å²) in [7, 11) is -3.13. The Labute approximate surface area is 141 Å². The first kappa shape index (κ1) is 17.1. The molecule has 0 bridgehead atoms. The van der Waals surface area contributed by atoms with Gasteiger partial charge in [0.1, 0.15) is 11.5 Å². The van der Waals surface area contributed by atoms with Gasteiger partial charge in [-0.25, -0.2) is 21.8 Å². The second-order valence-electron chi connectivity index (χ2n) is 6.04. The molecule has 1 aliphatic rings. The third kappa shape index (κ3) is 4.00. The molecule has 0 unspecified atom stereocenters. The van der Waals surface area contributed by atoms with Gasteiger partial charge < -0.3 is 0 Å². The number of rotatable bonds is 4. The van der Waals surface area contributed by atoms with Crippen molar-refractivity contribution in [3.8, 4) is 5.69 Å². The van der Waals surface area contributed by atoms with E-state index in [1.165, 1.54) is 21.3 Å². The lowest BCUT2D eigenvalue weighted by atomic mass is 10.3. The first-order valence-corrected chi connectivity index (χ1v) is 9.74. The van der Waals surface area contributed by atoms with E-state index < -0.39 is 10.0 Å². The minimum atomic E-state index is -3.13. The average molecular weight is 352 g/mol. The third-order valence-corrected chi connectivity index (χ3v) is 5.46. The average Bonchev–Trinajstić information content (AvgIpc) is 2.84. The largest absolute Gasteiger partial charge is 0.298 e. The highest BCUT2D eigenvalue weighted by molar-refractivity contribution is 7.88. The SMILES string of the molecule is CS(=O)(=O)N1CCCN(Cc2cnn(-c3ccccc3F)c2)CC1. The minimum Gasteiger partial charge on any atom is -0.298 e. The fourth-order valence-electron chi connectivity index (χ4n) is 2.91. The molecular formula is C16H21FN4O2S. The summed E-state index contributed by atoms with van der Waals surface area (Å²) in [6.45, 7) is 3.24. The molecule has 6 nitrogen and oxygen atoms in total. The van der Waals surface area contributed by atoms with Gasteiger partial charge in [0.2, 0.25) is 10.0 Å². The van der Waals surface area contributed by atoms with Crippen LogP contribution in [-0.4, -0.2) is 59.8 Å². The molecule has 3 rings (SSSR count). The van der Waals surface area contributed by atoms with Crippen molar-refractivity contribution in [2.45, 2.75) is 13.0 Å². The molecule has 2 aromatic rings. The maximum Gasteiger partial charge on any atom is 0.211 e. The quantitative estimate of drug-likeness (QED) is 0.836. The van der Waals surface area contributed by atoms with Crippen LogP contribution in [0.25, 0.3) is 5.69 Å². The van der Waals surface area contributed by atoms with Gasteiger partial charge in [-0.1, -0.05) is 12.1 Å². The van der Waals surface area contributed by atoms with Crippen LogP contribution in [0.15, 0.2) is 36.7 Å². The maximum absolute atomic E-state index is 13.8. The molecule has 8 heteroatoms. The molecule has 0 atom stereocenters. The molecule has 2 heterocycles. The summed E-state index contributed by atoms with van der Waals surface area (Å²) in [5.41, 5.74) is 1.40. The zero-order chi connectivity index (χ0) is 17.2. The van der Waals surface area contributed by atoms with E-state index in [9.17, 15) is 12.8 Å². The fraction of sp³-hybridized carbons (Fsp3) is 0.438. The number of para-hydroxylation sites is 1.